The Hall–Kier alpha value is -3.17. The van der Waals surface area contributed by atoms with E-state index in [-0.39, 0.29) is 25.2 Å². The van der Waals surface area contributed by atoms with Gasteiger partial charge in [0.25, 0.3) is 10.1 Å². The van der Waals surface area contributed by atoms with Crippen LogP contribution in [0.2, 0.25) is 5.02 Å². The average molecular weight is 721 g/mol. The summed E-state index contributed by atoms with van der Waals surface area (Å²) in [6, 6.07) is 5.61. The van der Waals surface area contributed by atoms with Crippen LogP contribution in [0.4, 0.5) is 0 Å². The molecule has 15 heteroatoms. The molecule has 1 atom stereocenters. The van der Waals surface area contributed by atoms with Gasteiger partial charge in [-0.1, -0.05) is 17.7 Å². The maximum Gasteiger partial charge on any atom is 0.334 e. The maximum absolute atomic E-state index is 12.8. The Balaban J connectivity index is 1.46. The van der Waals surface area contributed by atoms with E-state index in [4.69, 9.17) is 35.1 Å². The van der Waals surface area contributed by atoms with Gasteiger partial charge >= 0.3 is 11.9 Å². The van der Waals surface area contributed by atoms with Crippen LogP contribution in [0.1, 0.15) is 78.7 Å². The molecule has 2 aliphatic rings. The minimum Gasteiger partial charge on any atom is -0.469 e. The van der Waals surface area contributed by atoms with Crippen molar-refractivity contribution in [1.82, 2.24) is 19.6 Å². The third-order valence-electron chi connectivity index (χ3n) is 8.67. The molecular formula is C33H41ClN4O8S2. The summed E-state index contributed by atoms with van der Waals surface area (Å²) in [7, 11) is 0.985. The summed E-state index contributed by atoms with van der Waals surface area (Å²) in [6.07, 6.45) is 5.10. The van der Waals surface area contributed by atoms with E-state index in [9.17, 15) is 18.0 Å². The van der Waals surface area contributed by atoms with Crippen LogP contribution < -0.4 is 0 Å². The monoisotopic (exact) mass is 720 g/mol. The summed E-state index contributed by atoms with van der Waals surface area (Å²) in [5.74, 6) is 0.364. The van der Waals surface area contributed by atoms with Gasteiger partial charge < -0.3 is 14.2 Å². The maximum atomic E-state index is 12.8. The van der Waals surface area contributed by atoms with Crippen molar-refractivity contribution < 1.29 is 36.4 Å². The highest BCUT2D eigenvalue weighted by atomic mass is 35.5. The highest BCUT2D eigenvalue weighted by Crippen LogP contribution is 2.45. The first-order valence-electron chi connectivity index (χ1n) is 15.7. The number of rotatable bonds is 13. The molecule has 1 unspecified atom stereocenters. The molecule has 0 saturated carbocycles. The molecule has 0 N–H and O–H groups in total. The van der Waals surface area contributed by atoms with Crippen molar-refractivity contribution in [3.8, 4) is 11.1 Å². The lowest BCUT2D eigenvalue weighted by atomic mass is 9.80. The lowest BCUT2D eigenvalue weighted by Crippen LogP contribution is -2.21. The number of allylic oxidation sites excluding steroid dienone is 1. The van der Waals surface area contributed by atoms with Crippen LogP contribution in [0.3, 0.4) is 0 Å². The molecule has 0 radical (unpaired) electrons. The molecule has 0 amide bonds. The van der Waals surface area contributed by atoms with Crippen molar-refractivity contribution in [3.05, 3.63) is 62.7 Å². The average Bonchev–Trinajstić information content (AvgIpc) is 3.61. The van der Waals surface area contributed by atoms with Crippen molar-refractivity contribution in [2.75, 3.05) is 27.1 Å². The molecule has 260 valence electrons. The molecule has 1 aromatic carbocycles. The Morgan fingerprint density at radius 1 is 1.10 bits per heavy atom. The second-order valence-electron chi connectivity index (χ2n) is 11.9. The minimum atomic E-state index is -3.62. The third-order valence-corrected chi connectivity index (χ3v) is 10.5. The fourth-order valence-electron chi connectivity index (χ4n) is 6.32. The zero-order valence-electron chi connectivity index (χ0n) is 27.8. The number of halogens is 1. The molecule has 0 spiro atoms. The molecule has 12 nitrogen and oxygen atoms in total. The summed E-state index contributed by atoms with van der Waals surface area (Å²) >= 11 is 8.62. The first-order valence-corrected chi connectivity index (χ1v) is 19.1. The highest BCUT2D eigenvalue weighted by Gasteiger charge is 2.30. The van der Waals surface area contributed by atoms with Crippen molar-refractivity contribution in [2.24, 2.45) is 7.05 Å². The number of carbonyl (C=O) groups excluding carboxylic acids is 2. The molecular weight excluding hydrogens is 680 g/mol. The normalized spacial score (nSPS) is 16.6. The van der Waals surface area contributed by atoms with Crippen molar-refractivity contribution in [3.63, 3.8) is 0 Å². The van der Waals surface area contributed by atoms with Crippen molar-refractivity contribution in [2.45, 2.75) is 76.2 Å². The van der Waals surface area contributed by atoms with Crippen LogP contribution in [0.5, 0.6) is 0 Å². The van der Waals surface area contributed by atoms with Crippen LogP contribution in [0.25, 0.3) is 16.7 Å². The molecule has 1 saturated heterocycles. The Bertz CT molecular complexity index is 1830. The molecule has 5 rings (SSSR count). The fourth-order valence-corrected chi connectivity index (χ4v) is 7.84. The van der Waals surface area contributed by atoms with Crippen LogP contribution in [0, 0.1) is 6.92 Å². The van der Waals surface area contributed by atoms with Gasteiger partial charge in [0, 0.05) is 59.0 Å². The number of hydrogen-bond acceptors (Lipinski definition) is 11. The zero-order chi connectivity index (χ0) is 34.6. The first kappa shape index (κ1) is 36.1. The van der Waals surface area contributed by atoms with E-state index in [0.29, 0.717) is 53.7 Å². The molecule has 1 aliphatic carbocycles. The SMILES string of the molecule is COC(=O)CCC1=C(C(=O)OC)CCc2c1ccc(Cl)c2-c1c(CSCc2cc(COS(C)(=O)=O)nn2C2CCCCO2)nn(C)c1C. The molecule has 48 heavy (non-hydrogen) atoms. The van der Waals surface area contributed by atoms with Gasteiger partial charge in [-0.15, -0.1) is 11.8 Å². The predicted octanol–water partition coefficient (Wildman–Crippen LogP) is 5.68. The van der Waals surface area contributed by atoms with E-state index in [2.05, 4.69) is 5.10 Å². The van der Waals surface area contributed by atoms with Gasteiger partial charge in [0.1, 0.15) is 12.8 Å². The standard InChI is InChI=1S/C33H41ClN4O8S2/c1-20-31(32-25-9-10-26(33(40)44-4)24(12-14-30(39)43-3)23(25)11-13-27(32)34)28(36-37(20)2)19-47-18-22-16-21(17-46-48(5,41)42)35-38(22)29-8-6-7-15-45-29/h11,13,16,29H,6-10,12,14-15,17-19H2,1-5H3. The van der Waals surface area contributed by atoms with Gasteiger partial charge in [0.05, 0.1) is 37.6 Å². The molecule has 3 heterocycles. The number of nitrogens with zero attached hydrogens (tertiary/aromatic N) is 4. The summed E-state index contributed by atoms with van der Waals surface area (Å²) < 4.78 is 48.0. The van der Waals surface area contributed by atoms with Gasteiger partial charge in [-0.3, -0.25) is 13.7 Å². The number of aromatic nitrogens is 4. The zero-order valence-corrected chi connectivity index (χ0v) is 30.2. The molecule has 2 aromatic heterocycles. The van der Waals surface area contributed by atoms with Crippen LogP contribution in [-0.4, -0.2) is 67.0 Å². The van der Waals surface area contributed by atoms with E-state index in [1.807, 2.05) is 41.5 Å². The largest absolute Gasteiger partial charge is 0.469 e. The number of carbonyl (C=O) groups is 2. The van der Waals surface area contributed by atoms with E-state index >= 15 is 0 Å². The van der Waals surface area contributed by atoms with Crippen LogP contribution in [0.15, 0.2) is 23.8 Å². The number of methoxy groups -OCH3 is 2. The fraction of sp³-hybridized carbons (Fsp3) is 0.515. The van der Waals surface area contributed by atoms with E-state index in [0.717, 1.165) is 70.4 Å². The smallest absolute Gasteiger partial charge is 0.334 e. The second kappa shape index (κ2) is 15.6. The number of aryl methyl sites for hydroxylation is 1. The van der Waals surface area contributed by atoms with E-state index in [1.54, 1.807) is 11.8 Å². The van der Waals surface area contributed by atoms with E-state index < -0.39 is 16.1 Å². The van der Waals surface area contributed by atoms with Gasteiger partial charge in [-0.2, -0.15) is 18.6 Å². The summed E-state index contributed by atoms with van der Waals surface area (Å²) in [4.78, 5) is 24.9. The Kier molecular flexibility index (Phi) is 11.7. The van der Waals surface area contributed by atoms with Gasteiger partial charge in [0.15, 0.2) is 0 Å². The Labute approximate surface area is 290 Å². The number of benzene rings is 1. The molecule has 1 aliphatic heterocycles. The topological polar surface area (TPSA) is 141 Å². The third kappa shape index (κ3) is 8.16. The Morgan fingerprint density at radius 2 is 1.90 bits per heavy atom. The lowest BCUT2D eigenvalue weighted by Gasteiger charge is -2.26. The lowest BCUT2D eigenvalue weighted by molar-refractivity contribution is -0.140. The highest BCUT2D eigenvalue weighted by molar-refractivity contribution is 7.97. The molecule has 3 aromatic rings. The minimum absolute atomic E-state index is 0.127. The second-order valence-corrected chi connectivity index (χ2v) is 14.9. The number of ether oxygens (including phenoxy) is 3. The Morgan fingerprint density at radius 3 is 2.58 bits per heavy atom. The van der Waals surface area contributed by atoms with Gasteiger partial charge in [0.2, 0.25) is 0 Å². The van der Waals surface area contributed by atoms with Gasteiger partial charge in [-0.25, -0.2) is 9.48 Å². The molecule has 1 fully saturated rings. The number of hydrogen-bond donors (Lipinski definition) is 0. The van der Waals surface area contributed by atoms with Gasteiger partial charge in [-0.05, 0) is 74.3 Å². The number of esters is 2. The summed E-state index contributed by atoms with van der Waals surface area (Å²) in [6.45, 7) is 2.50. The summed E-state index contributed by atoms with van der Waals surface area (Å²) in [5.41, 5.74) is 8.22. The van der Waals surface area contributed by atoms with Crippen LogP contribution >= 0.6 is 23.4 Å². The van der Waals surface area contributed by atoms with Crippen LogP contribution in [-0.2, 0) is 69.7 Å². The first-order chi connectivity index (χ1) is 22.9. The van der Waals surface area contributed by atoms with E-state index in [1.165, 1.54) is 14.2 Å². The van der Waals surface area contributed by atoms with Crippen molar-refractivity contribution in [1.29, 1.82) is 0 Å². The quantitative estimate of drug-likeness (QED) is 0.159. The number of thioether (sulfide) groups is 1. The summed E-state index contributed by atoms with van der Waals surface area (Å²) in [5, 5.41) is 10.1. The predicted molar refractivity (Wildman–Crippen MR) is 183 cm³/mol. The van der Waals surface area contributed by atoms with Crippen molar-refractivity contribution >= 4 is 51.0 Å². The molecule has 0 bridgehead atoms. The number of fused-ring (bicyclic) bond motifs is 1.